The van der Waals surface area contributed by atoms with Crippen molar-refractivity contribution in [3.05, 3.63) is 34.4 Å². The standard InChI is InChI=1S/C20H23BrN6O3S/c1-29-13-3-4-16(21)14(11-13)19(28)22-5-6-27-18-15(12-23-27)17(24-20(25-18)31-2)26-7-9-30-10-8-26/h3-4,11-12H,5-10H2,1-2H3,(H,22,28). The summed E-state index contributed by atoms with van der Waals surface area (Å²) in [6.45, 7) is 3.84. The summed E-state index contributed by atoms with van der Waals surface area (Å²) in [7, 11) is 1.57. The molecule has 0 atom stereocenters. The van der Waals surface area contributed by atoms with Crippen LogP contribution in [0.25, 0.3) is 11.0 Å². The number of morpholine rings is 1. The average Bonchev–Trinajstić information content (AvgIpc) is 3.22. The van der Waals surface area contributed by atoms with E-state index in [0.29, 0.717) is 47.2 Å². The normalized spacial score (nSPS) is 14.1. The van der Waals surface area contributed by atoms with Crippen molar-refractivity contribution in [3.8, 4) is 5.75 Å². The van der Waals surface area contributed by atoms with Crippen molar-refractivity contribution in [2.45, 2.75) is 11.7 Å². The van der Waals surface area contributed by atoms with Crippen LogP contribution in [-0.2, 0) is 11.3 Å². The Morgan fingerprint density at radius 1 is 1.32 bits per heavy atom. The number of benzene rings is 1. The van der Waals surface area contributed by atoms with Crippen molar-refractivity contribution in [3.63, 3.8) is 0 Å². The Balaban J connectivity index is 1.51. The van der Waals surface area contributed by atoms with Gasteiger partial charge in [0.1, 0.15) is 11.6 Å². The number of rotatable bonds is 7. The van der Waals surface area contributed by atoms with E-state index in [-0.39, 0.29) is 5.91 Å². The molecule has 164 valence electrons. The summed E-state index contributed by atoms with van der Waals surface area (Å²) in [5.74, 6) is 1.33. The number of amides is 1. The van der Waals surface area contributed by atoms with Gasteiger partial charge in [0, 0.05) is 24.1 Å². The summed E-state index contributed by atoms with van der Waals surface area (Å²) >= 11 is 4.92. The molecule has 2 aromatic heterocycles. The number of methoxy groups -OCH3 is 1. The van der Waals surface area contributed by atoms with Crippen molar-refractivity contribution in [2.75, 3.05) is 51.1 Å². The van der Waals surface area contributed by atoms with Gasteiger partial charge in [-0.1, -0.05) is 11.8 Å². The van der Waals surface area contributed by atoms with Crippen LogP contribution in [0.4, 0.5) is 5.82 Å². The molecule has 31 heavy (non-hydrogen) atoms. The van der Waals surface area contributed by atoms with Gasteiger partial charge in [0.05, 0.1) is 44.0 Å². The van der Waals surface area contributed by atoms with Crippen LogP contribution in [0.3, 0.4) is 0 Å². The number of nitrogens with one attached hydrogen (secondary N) is 1. The van der Waals surface area contributed by atoms with Crippen molar-refractivity contribution in [1.82, 2.24) is 25.1 Å². The van der Waals surface area contributed by atoms with Gasteiger partial charge in [0.15, 0.2) is 10.8 Å². The summed E-state index contributed by atoms with van der Waals surface area (Å²) in [5.41, 5.74) is 1.28. The first-order chi connectivity index (χ1) is 15.1. The zero-order chi connectivity index (χ0) is 21.8. The van der Waals surface area contributed by atoms with Crippen LogP contribution < -0.4 is 15.0 Å². The summed E-state index contributed by atoms with van der Waals surface area (Å²) in [6.07, 6.45) is 3.75. The van der Waals surface area contributed by atoms with Crippen LogP contribution >= 0.6 is 27.7 Å². The first kappa shape index (κ1) is 21.8. The quantitative estimate of drug-likeness (QED) is 0.386. The van der Waals surface area contributed by atoms with Gasteiger partial charge in [-0.25, -0.2) is 14.6 Å². The van der Waals surface area contributed by atoms with Crippen LogP contribution in [0.2, 0.25) is 0 Å². The number of hydrogen-bond acceptors (Lipinski definition) is 8. The summed E-state index contributed by atoms with van der Waals surface area (Å²) in [6, 6.07) is 5.30. The Kier molecular flexibility index (Phi) is 6.93. The fraction of sp³-hybridized carbons (Fsp3) is 0.400. The lowest BCUT2D eigenvalue weighted by Gasteiger charge is -2.28. The molecule has 1 fully saturated rings. The molecule has 1 amide bonds. The Bertz CT molecular complexity index is 1090. The SMILES string of the molecule is COc1ccc(Br)c(C(=O)NCCn2ncc3c(N4CCOCC4)nc(SC)nc32)c1. The molecule has 1 aromatic carbocycles. The number of halogens is 1. The molecule has 1 saturated heterocycles. The third-order valence-electron chi connectivity index (χ3n) is 4.98. The predicted molar refractivity (Wildman–Crippen MR) is 123 cm³/mol. The molecule has 3 heterocycles. The molecule has 1 aliphatic heterocycles. The van der Waals surface area contributed by atoms with Crippen molar-refractivity contribution >= 4 is 50.5 Å². The highest BCUT2D eigenvalue weighted by Crippen LogP contribution is 2.27. The Morgan fingerprint density at radius 3 is 2.87 bits per heavy atom. The third kappa shape index (κ3) is 4.78. The second-order valence-electron chi connectivity index (χ2n) is 6.84. The Labute approximate surface area is 192 Å². The van der Waals surface area contributed by atoms with E-state index >= 15 is 0 Å². The number of anilines is 1. The Hall–Kier alpha value is -2.37. The lowest BCUT2D eigenvalue weighted by molar-refractivity contribution is 0.0951. The zero-order valence-electron chi connectivity index (χ0n) is 17.3. The minimum Gasteiger partial charge on any atom is -0.497 e. The second kappa shape index (κ2) is 9.84. The second-order valence-corrected chi connectivity index (χ2v) is 8.47. The third-order valence-corrected chi connectivity index (χ3v) is 6.22. The van der Waals surface area contributed by atoms with Crippen LogP contribution in [0.5, 0.6) is 5.75 Å². The minimum absolute atomic E-state index is 0.185. The van der Waals surface area contributed by atoms with Gasteiger partial charge in [-0.05, 0) is 40.4 Å². The molecule has 1 N–H and O–H groups in total. The molecule has 0 radical (unpaired) electrons. The van der Waals surface area contributed by atoms with Crippen LogP contribution in [0, 0.1) is 0 Å². The maximum absolute atomic E-state index is 12.6. The van der Waals surface area contributed by atoms with Gasteiger partial charge in [0.25, 0.3) is 5.91 Å². The van der Waals surface area contributed by atoms with E-state index in [1.165, 1.54) is 11.8 Å². The molecule has 4 rings (SSSR count). The number of ether oxygens (including phenoxy) is 2. The highest BCUT2D eigenvalue weighted by atomic mass is 79.9. The van der Waals surface area contributed by atoms with Gasteiger partial charge in [-0.2, -0.15) is 5.10 Å². The average molecular weight is 507 g/mol. The number of carbonyl (C=O) groups is 1. The highest BCUT2D eigenvalue weighted by molar-refractivity contribution is 9.10. The molecular weight excluding hydrogens is 484 g/mol. The van der Waals surface area contributed by atoms with Crippen LogP contribution in [-0.4, -0.2) is 71.9 Å². The van der Waals surface area contributed by atoms with Gasteiger partial charge < -0.3 is 19.7 Å². The molecule has 0 saturated carbocycles. The molecule has 0 bridgehead atoms. The number of aromatic nitrogens is 4. The smallest absolute Gasteiger partial charge is 0.252 e. The number of thioether (sulfide) groups is 1. The molecule has 0 aliphatic carbocycles. The van der Waals surface area contributed by atoms with E-state index in [4.69, 9.17) is 14.5 Å². The van der Waals surface area contributed by atoms with E-state index in [2.05, 4.69) is 36.2 Å². The first-order valence-corrected chi connectivity index (χ1v) is 11.8. The topological polar surface area (TPSA) is 94.4 Å². The summed E-state index contributed by atoms with van der Waals surface area (Å²) < 4.78 is 13.2. The van der Waals surface area contributed by atoms with Crippen LogP contribution in [0.1, 0.15) is 10.4 Å². The number of nitrogens with zero attached hydrogens (tertiary/aromatic N) is 5. The van der Waals surface area contributed by atoms with E-state index < -0.39 is 0 Å². The lowest BCUT2D eigenvalue weighted by Crippen LogP contribution is -2.37. The van der Waals surface area contributed by atoms with E-state index in [0.717, 1.165) is 29.9 Å². The van der Waals surface area contributed by atoms with Gasteiger partial charge in [-0.3, -0.25) is 4.79 Å². The molecule has 11 heteroatoms. The van der Waals surface area contributed by atoms with Crippen molar-refractivity contribution in [2.24, 2.45) is 0 Å². The van der Waals surface area contributed by atoms with E-state index in [9.17, 15) is 4.79 Å². The largest absolute Gasteiger partial charge is 0.497 e. The zero-order valence-corrected chi connectivity index (χ0v) is 19.7. The number of carbonyl (C=O) groups excluding carboxylic acids is 1. The summed E-state index contributed by atoms with van der Waals surface area (Å²) in [5, 5.41) is 9.05. The van der Waals surface area contributed by atoms with Crippen molar-refractivity contribution < 1.29 is 14.3 Å². The maximum atomic E-state index is 12.6. The molecule has 0 unspecified atom stereocenters. The van der Waals surface area contributed by atoms with Crippen molar-refractivity contribution in [1.29, 1.82) is 0 Å². The molecule has 9 nitrogen and oxygen atoms in total. The van der Waals surface area contributed by atoms with E-state index in [1.807, 2.05) is 10.9 Å². The lowest BCUT2D eigenvalue weighted by atomic mass is 10.2. The Morgan fingerprint density at radius 2 is 2.13 bits per heavy atom. The van der Waals surface area contributed by atoms with Gasteiger partial charge in [0.2, 0.25) is 0 Å². The summed E-state index contributed by atoms with van der Waals surface area (Å²) in [4.78, 5) is 24.2. The monoisotopic (exact) mass is 506 g/mol. The molecule has 3 aromatic rings. The molecule has 0 spiro atoms. The fourth-order valence-corrected chi connectivity index (χ4v) is 4.15. The fourth-order valence-electron chi connectivity index (χ4n) is 3.37. The number of hydrogen-bond donors (Lipinski definition) is 1. The highest BCUT2D eigenvalue weighted by Gasteiger charge is 2.20. The first-order valence-electron chi connectivity index (χ1n) is 9.82. The molecule has 1 aliphatic rings. The van der Waals surface area contributed by atoms with Gasteiger partial charge >= 0.3 is 0 Å². The maximum Gasteiger partial charge on any atom is 0.252 e. The van der Waals surface area contributed by atoms with Gasteiger partial charge in [-0.15, -0.1) is 0 Å². The molecular formula is C20H23BrN6O3S. The minimum atomic E-state index is -0.185. The number of fused-ring (bicyclic) bond motifs is 1. The van der Waals surface area contributed by atoms with E-state index in [1.54, 1.807) is 31.5 Å². The van der Waals surface area contributed by atoms with Crippen LogP contribution in [0.15, 0.2) is 34.0 Å². The predicted octanol–water partition coefficient (Wildman–Crippen LogP) is 2.59.